The van der Waals surface area contributed by atoms with Gasteiger partial charge in [0.15, 0.2) is 17.1 Å². The van der Waals surface area contributed by atoms with Crippen LogP contribution in [-0.2, 0) is 23.3 Å². The summed E-state index contributed by atoms with van der Waals surface area (Å²) in [7, 11) is 3.37. The molecule has 1 aliphatic carbocycles. The van der Waals surface area contributed by atoms with Crippen molar-refractivity contribution < 1.29 is 14.3 Å². The Morgan fingerprint density at radius 1 is 1.05 bits per heavy atom. The van der Waals surface area contributed by atoms with Gasteiger partial charge in [-0.2, -0.15) is 5.10 Å². The summed E-state index contributed by atoms with van der Waals surface area (Å²) in [5.74, 6) is 2.73. The highest BCUT2D eigenvalue weighted by molar-refractivity contribution is 6.31. The molecule has 1 spiro atoms. The maximum Gasteiger partial charge on any atom is 0.225 e. The molecule has 0 atom stereocenters. The van der Waals surface area contributed by atoms with E-state index in [4.69, 9.17) is 21.1 Å². The highest BCUT2D eigenvalue weighted by Crippen LogP contribution is 2.46. The number of rotatable bonds is 6. The van der Waals surface area contributed by atoms with E-state index in [9.17, 15) is 4.79 Å². The molecule has 0 bridgehead atoms. The van der Waals surface area contributed by atoms with Gasteiger partial charge in [0, 0.05) is 49.2 Å². The number of benzene rings is 2. The Morgan fingerprint density at radius 3 is 2.55 bits per heavy atom. The van der Waals surface area contributed by atoms with Gasteiger partial charge >= 0.3 is 0 Å². The van der Waals surface area contributed by atoms with Gasteiger partial charge in [0.1, 0.15) is 12.1 Å². The van der Waals surface area contributed by atoms with E-state index in [1.54, 1.807) is 20.5 Å². The van der Waals surface area contributed by atoms with E-state index in [1.807, 2.05) is 35.1 Å². The molecule has 11 heteroatoms. The van der Waals surface area contributed by atoms with Gasteiger partial charge < -0.3 is 24.6 Å². The topological polar surface area (TPSA) is 97.6 Å². The maximum atomic E-state index is 13.7. The Hall–Kier alpha value is -3.89. The zero-order chi connectivity index (χ0) is 30.3. The summed E-state index contributed by atoms with van der Waals surface area (Å²) in [4.78, 5) is 27.2. The average Bonchev–Trinajstić information content (AvgIpc) is 3.48. The van der Waals surface area contributed by atoms with Crippen LogP contribution in [0.3, 0.4) is 0 Å². The third-order valence-corrected chi connectivity index (χ3v) is 10.1. The number of halogens is 1. The number of fused-ring (bicyclic) bond motifs is 3. The van der Waals surface area contributed by atoms with Crippen LogP contribution in [0.1, 0.15) is 42.4 Å². The van der Waals surface area contributed by atoms with Gasteiger partial charge in [0.05, 0.1) is 32.3 Å². The van der Waals surface area contributed by atoms with Gasteiger partial charge in [-0.3, -0.25) is 4.79 Å². The van der Waals surface area contributed by atoms with Crippen LogP contribution in [0.25, 0.3) is 11.0 Å². The van der Waals surface area contributed by atoms with Crippen molar-refractivity contribution >= 4 is 34.4 Å². The molecule has 3 aliphatic rings. The Labute approximate surface area is 262 Å². The first-order chi connectivity index (χ1) is 21.5. The number of anilines is 1. The van der Waals surface area contributed by atoms with E-state index in [0.29, 0.717) is 24.7 Å². The largest absolute Gasteiger partial charge is 0.493 e. The molecule has 1 saturated carbocycles. The van der Waals surface area contributed by atoms with Crippen LogP contribution >= 0.6 is 11.6 Å². The molecule has 2 aromatic carbocycles. The molecule has 230 valence electrons. The number of methoxy groups -OCH3 is 2. The first-order valence-electron chi connectivity index (χ1n) is 15.4. The number of carbonyl (C=O) groups is 1. The van der Waals surface area contributed by atoms with E-state index < -0.39 is 0 Å². The predicted molar refractivity (Wildman–Crippen MR) is 170 cm³/mol. The fourth-order valence-electron chi connectivity index (χ4n) is 7.34. The van der Waals surface area contributed by atoms with Crippen LogP contribution in [0.5, 0.6) is 11.5 Å². The van der Waals surface area contributed by atoms with Gasteiger partial charge in [0.2, 0.25) is 5.91 Å². The molecule has 0 unspecified atom stereocenters. The molecule has 4 heterocycles. The van der Waals surface area contributed by atoms with Crippen LogP contribution in [-0.4, -0.2) is 77.5 Å². The monoisotopic (exact) mass is 615 g/mol. The minimum atomic E-state index is -0.114. The van der Waals surface area contributed by atoms with Crippen LogP contribution in [0.2, 0.25) is 5.02 Å². The Kier molecular flexibility index (Phi) is 7.80. The summed E-state index contributed by atoms with van der Waals surface area (Å²) >= 11 is 6.39. The molecule has 10 nitrogen and oxygen atoms in total. The quantitative estimate of drug-likeness (QED) is 0.340. The summed E-state index contributed by atoms with van der Waals surface area (Å²) < 4.78 is 13.1. The summed E-state index contributed by atoms with van der Waals surface area (Å²) in [6, 6.07) is 12.1. The minimum absolute atomic E-state index is 0.0493. The van der Waals surface area contributed by atoms with E-state index in [1.165, 1.54) is 11.1 Å². The molecule has 44 heavy (non-hydrogen) atoms. The number of hydrogen-bond acceptors (Lipinski definition) is 8. The zero-order valence-electron chi connectivity index (χ0n) is 25.3. The van der Waals surface area contributed by atoms with Gasteiger partial charge in [-0.1, -0.05) is 29.8 Å². The molecule has 2 fully saturated rings. The van der Waals surface area contributed by atoms with Crippen LogP contribution in [0.4, 0.5) is 5.82 Å². The Morgan fingerprint density at radius 2 is 1.80 bits per heavy atom. The van der Waals surface area contributed by atoms with Crippen LogP contribution < -0.4 is 19.7 Å². The van der Waals surface area contributed by atoms with E-state index in [2.05, 4.69) is 42.3 Å². The molecule has 1 saturated heterocycles. The minimum Gasteiger partial charge on any atom is -0.493 e. The fourth-order valence-corrected chi connectivity index (χ4v) is 7.54. The first kappa shape index (κ1) is 28.9. The average molecular weight is 616 g/mol. The van der Waals surface area contributed by atoms with Gasteiger partial charge in [-0.25, -0.2) is 14.6 Å². The van der Waals surface area contributed by atoms with Crippen molar-refractivity contribution in [3.63, 3.8) is 0 Å². The standard InChI is InChI=1S/C33H38ClN7O3/c1-43-28-17-23-9-12-37-33(26(23)18-29(28)44-2)10-7-22(8-11-33)32(42)40-15-13-39(14-16-40)30-25-19-38-41(31(25)36-21-35-30)20-24-5-3-4-6-27(24)34/h3-6,17-19,21-22,37H,7-16,20H2,1-2H3/t22-,33+. The number of nitrogens with one attached hydrogen (secondary N) is 1. The van der Waals surface area contributed by atoms with Gasteiger partial charge in [0.25, 0.3) is 0 Å². The lowest BCUT2D eigenvalue weighted by Crippen LogP contribution is -2.53. The molecule has 1 N–H and O–H groups in total. The lowest BCUT2D eigenvalue weighted by molar-refractivity contribution is -0.137. The van der Waals surface area contributed by atoms with Crippen molar-refractivity contribution in [3.05, 3.63) is 70.6 Å². The van der Waals surface area contributed by atoms with Crippen molar-refractivity contribution in [2.75, 3.05) is 51.8 Å². The molecule has 0 radical (unpaired) electrons. The summed E-state index contributed by atoms with van der Waals surface area (Å²) in [6.07, 6.45) is 8.01. The van der Waals surface area contributed by atoms with Crippen LogP contribution in [0.15, 0.2) is 48.9 Å². The van der Waals surface area contributed by atoms with Gasteiger partial charge in [-0.15, -0.1) is 0 Å². The molecule has 4 aromatic rings. The molecular formula is C33H38ClN7O3. The molecule has 2 aromatic heterocycles. The van der Waals surface area contributed by atoms with Crippen molar-refractivity contribution in [1.29, 1.82) is 0 Å². The molecule has 2 aliphatic heterocycles. The number of hydrogen-bond donors (Lipinski definition) is 1. The Bertz CT molecular complexity index is 1680. The predicted octanol–water partition coefficient (Wildman–Crippen LogP) is 4.43. The third-order valence-electron chi connectivity index (χ3n) is 9.75. The second kappa shape index (κ2) is 11.9. The number of nitrogens with zero attached hydrogens (tertiary/aromatic N) is 6. The van der Waals surface area contributed by atoms with Crippen molar-refractivity contribution in [2.24, 2.45) is 5.92 Å². The summed E-state index contributed by atoms with van der Waals surface area (Å²) in [6.45, 7) is 4.27. The zero-order valence-corrected chi connectivity index (χ0v) is 26.0. The number of amides is 1. The van der Waals surface area contributed by atoms with Crippen molar-refractivity contribution in [2.45, 2.75) is 44.2 Å². The van der Waals surface area contributed by atoms with Crippen molar-refractivity contribution in [3.8, 4) is 11.5 Å². The second-order valence-corrected chi connectivity index (χ2v) is 12.4. The number of carbonyl (C=O) groups excluding carboxylic acids is 1. The van der Waals surface area contributed by atoms with Gasteiger partial charge in [-0.05, 0) is 67.0 Å². The normalized spacial score (nSPS) is 21.8. The highest BCUT2D eigenvalue weighted by Gasteiger charge is 2.43. The number of aromatic nitrogens is 4. The summed E-state index contributed by atoms with van der Waals surface area (Å²) in [5.41, 5.74) is 4.27. The molecule has 7 rings (SSSR count). The number of ether oxygens (including phenoxy) is 2. The summed E-state index contributed by atoms with van der Waals surface area (Å²) in [5, 5.41) is 10.0. The SMILES string of the molecule is COc1cc2c(cc1OC)[C@]1(CC[C@H](C(=O)N3CCN(c4ncnc5c4cnn5Cc4ccccc4Cl)CC3)CC1)NCC2. The molecular weight excluding hydrogens is 578 g/mol. The smallest absolute Gasteiger partial charge is 0.225 e. The Balaban J connectivity index is 0.997. The van der Waals surface area contributed by atoms with Crippen molar-refractivity contribution in [1.82, 2.24) is 30.0 Å². The lowest BCUT2D eigenvalue weighted by atomic mass is 9.69. The third kappa shape index (κ3) is 5.13. The van der Waals surface area contributed by atoms with Crippen LogP contribution in [0, 0.1) is 5.92 Å². The van der Waals surface area contributed by atoms with E-state index in [0.717, 1.165) is 85.7 Å². The van der Waals surface area contributed by atoms with E-state index >= 15 is 0 Å². The maximum absolute atomic E-state index is 13.7. The van der Waals surface area contributed by atoms with E-state index in [-0.39, 0.29) is 17.4 Å². The lowest BCUT2D eigenvalue weighted by Gasteiger charge is -2.46. The second-order valence-electron chi connectivity index (χ2n) is 12.0. The number of piperazine rings is 1. The highest BCUT2D eigenvalue weighted by atomic mass is 35.5. The first-order valence-corrected chi connectivity index (χ1v) is 15.8. The fraction of sp³-hybridized carbons (Fsp3) is 0.455. The molecule has 1 amide bonds.